The van der Waals surface area contributed by atoms with Gasteiger partial charge in [-0.1, -0.05) is 104 Å². The van der Waals surface area contributed by atoms with E-state index in [1.165, 1.54) is 49.2 Å². The molecule has 1 atom stereocenters. The summed E-state index contributed by atoms with van der Waals surface area (Å²) in [5.74, 6) is 0.803. The van der Waals surface area contributed by atoms with Crippen LogP contribution in [0.1, 0.15) is 48.2 Å². The molecule has 226 valence electrons. The molecular formula is C43H34N4. The van der Waals surface area contributed by atoms with Gasteiger partial charge in [0, 0.05) is 38.7 Å². The second kappa shape index (κ2) is 10.9. The Morgan fingerprint density at radius 2 is 1.60 bits per heavy atom. The molecule has 4 heteroatoms. The molecule has 1 aliphatic carbocycles. The highest BCUT2D eigenvalue weighted by molar-refractivity contribution is 6.17. The summed E-state index contributed by atoms with van der Waals surface area (Å²) in [4.78, 5) is 5.54. The Balaban J connectivity index is 1.29. The number of para-hydroxylation sites is 2. The van der Waals surface area contributed by atoms with Crippen LogP contribution >= 0.6 is 0 Å². The molecule has 4 nitrogen and oxygen atoms in total. The first-order valence-electron chi connectivity index (χ1n) is 16.4. The zero-order valence-corrected chi connectivity index (χ0v) is 26.3. The average molecular weight is 607 g/mol. The van der Waals surface area contributed by atoms with E-state index in [-0.39, 0.29) is 6.04 Å². The molecule has 5 aromatic carbocycles. The molecule has 47 heavy (non-hydrogen) atoms. The fourth-order valence-corrected chi connectivity index (χ4v) is 7.67. The van der Waals surface area contributed by atoms with Crippen molar-refractivity contribution in [2.75, 3.05) is 5.32 Å². The Kier molecular flexibility index (Phi) is 6.36. The highest BCUT2D eigenvalue weighted by atomic mass is 15.2. The fraction of sp³-hybridized carbons (Fsp3) is 0.0930. The monoisotopic (exact) mass is 606 g/mol. The van der Waals surface area contributed by atoms with Crippen molar-refractivity contribution >= 4 is 73.0 Å². The van der Waals surface area contributed by atoms with E-state index < -0.39 is 0 Å². The maximum Gasteiger partial charge on any atom is 0.208 e. The van der Waals surface area contributed by atoms with E-state index in [1.807, 2.05) is 6.08 Å². The molecule has 0 spiro atoms. The van der Waals surface area contributed by atoms with E-state index in [0.717, 1.165) is 46.8 Å². The maximum absolute atomic E-state index is 5.54. The van der Waals surface area contributed by atoms with Crippen LogP contribution in [-0.2, 0) is 0 Å². The lowest BCUT2D eigenvalue weighted by atomic mass is 9.95. The quantitative estimate of drug-likeness (QED) is 0.212. The fourth-order valence-electron chi connectivity index (χ4n) is 7.67. The lowest BCUT2D eigenvalue weighted by molar-refractivity contribution is 0.850. The van der Waals surface area contributed by atoms with Crippen LogP contribution < -0.4 is 5.32 Å². The third kappa shape index (κ3) is 4.18. The highest BCUT2D eigenvalue weighted by Gasteiger charge is 2.28. The number of hydrogen-bond acceptors (Lipinski definition) is 2. The molecular weight excluding hydrogens is 573 g/mol. The van der Waals surface area contributed by atoms with Crippen LogP contribution in [0.15, 0.2) is 139 Å². The number of aliphatic imine (C=N–C) groups is 1. The van der Waals surface area contributed by atoms with Crippen LogP contribution in [0.4, 0.5) is 5.69 Å². The number of aromatic nitrogens is 2. The predicted octanol–water partition coefficient (Wildman–Crippen LogP) is 11.2. The van der Waals surface area contributed by atoms with Gasteiger partial charge in [-0.05, 0) is 78.6 Å². The van der Waals surface area contributed by atoms with Crippen LogP contribution in [0.25, 0.3) is 61.3 Å². The molecule has 9 rings (SSSR count). The Morgan fingerprint density at radius 1 is 0.809 bits per heavy atom. The van der Waals surface area contributed by atoms with Gasteiger partial charge in [0.1, 0.15) is 6.04 Å². The van der Waals surface area contributed by atoms with Crippen molar-refractivity contribution in [3.63, 3.8) is 0 Å². The van der Waals surface area contributed by atoms with Crippen molar-refractivity contribution in [2.45, 2.75) is 25.8 Å². The van der Waals surface area contributed by atoms with Crippen LogP contribution in [-0.4, -0.2) is 15.1 Å². The van der Waals surface area contributed by atoms with Gasteiger partial charge >= 0.3 is 0 Å². The van der Waals surface area contributed by atoms with Gasteiger partial charge in [0.2, 0.25) is 5.96 Å². The van der Waals surface area contributed by atoms with E-state index in [1.54, 1.807) is 0 Å². The van der Waals surface area contributed by atoms with Crippen molar-refractivity contribution in [1.29, 1.82) is 0 Å². The van der Waals surface area contributed by atoms with Gasteiger partial charge in [-0.15, -0.1) is 0 Å². The van der Waals surface area contributed by atoms with E-state index in [4.69, 9.17) is 4.99 Å². The summed E-state index contributed by atoms with van der Waals surface area (Å²) in [6, 6.07) is 37.1. The molecule has 1 unspecified atom stereocenters. The molecule has 1 N–H and O–H groups in total. The normalized spacial score (nSPS) is 16.1. The Bertz CT molecular complexity index is 2530. The second-order valence-electron chi connectivity index (χ2n) is 12.3. The standard InChI is InChI=1S/C43H34N4/c1-3-14-37-31(4-2)41-32-18-9-8-15-28(32)23-26-40(41)47(37)43-44-36-21-12-10-20-34(36)42(45-43)29-24-25-39-35(27-29)33-19-11-13-22-38(33)46(39)30-16-6-5-7-17-30/h3-6,8-16,18-27,42H,2,7,17H2,1H3,(H,44,45)/b14-3-. The number of nitrogens with zero attached hydrogens (tertiary/aromatic N) is 3. The number of hydrogen-bond donors (Lipinski definition) is 1. The molecule has 0 saturated carbocycles. The molecule has 2 aromatic heterocycles. The van der Waals surface area contributed by atoms with Gasteiger partial charge in [-0.25, -0.2) is 4.99 Å². The average Bonchev–Trinajstić information content (AvgIpc) is 3.63. The van der Waals surface area contributed by atoms with E-state index in [2.05, 4.69) is 161 Å². The van der Waals surface area contributed by atoms with Crippen LogP contribution in [0, 0.1) is 0 Å². The minimum atomic E-state index is -0.186. The molecule has 0 bridgehead atoms. The van der Waals surface area contributed by atoms with E-state index in [9.17, 15) is 0 Å². The van der Waals surface area contributed by atoms with Crippen LogP contribution in [0.5, 0.6) is 0 Å². The number of benzene rings is 5. The van der Waals surface area contributed by atoms with Gasteiger partial charge in [0.15, 0.2) is 0 Å². The third-order valence-corrected chi connectivity index (χ3v) is 9.72. The summed E-state index contributed by atoms with van der Waals surface area (Å²) < 4.78 is 4.72. The summed E-state index contributed by atoms with van der Waals surface area (Å²) in [6.07, 6.45) is 15.0. The van der Waals surface area contributed by atoms with Crippen molar-refractivity contribution < 1.29 is 0 Å². The first-order chi connectivity index (χ1) is 23.2. The minimum absolute atomic E-state index is 0.186. The topological polar surface area (TPSA) is 34.2 Å². The van der Waals surface area contributed by atoms with Crippen molar-refractivity contribution in [1.82, 2.24) is 9.13 Å². The molecule has 2 aliphatic rings. The summed E-state index contributed by atoms with van der Waals surface area (Å²) in [7, 11) is 0. The minimum Gasteiger partial charge on any atom is -0.325 e. The van der Waals surface area contributed by atoms with Crippen molar-refractivity contribution in [3.05, 3.63) is 156 Å². The van der Waals surface area contributed by atoms with Gasteiger partial charge in [0.05, 0.1) is 22.2 Å². The summed E-state index contributed by atoms with van der Waals surface area (Å²) >= 11 is 0. The Hall–Kier alpha value is -5.87. The first kappa shape index (κ1) is 27.4. The van der Waals surface area contributed by atoms with Gasteiger partial charge in [-0.2, -0.15) is 0 Å². The highest BCUT2D eigenvalue weighted by Crippen LogP contribution is 2.41. The molecule has 3 heterocycles. The zero-order chi connectivity index (χ0) is 31.5. The zero-order valence-electron chi connectivity index (χ0n) is 26.3. The van der Waals surface area contributed by atoms with Gasteiger partial charge in [-0.3, -0.25) is 4.57 Å². The lowest BCUT2D eigenvalue weighted by Crippen LogP contribution is -2.28. The second-order valence-corrected chi connectivity index (χ2v) is 12.3. The number of fused-ring (bicyclic) bond motifs is 7. The largest absolute Gasteiger partial charge is 0.325 e. The molecule has 0 saturated heterocycles. The van der Waals surface area contributed by atoms with Gasteiger partial charge in [0.25, 0.3) is 0 Å². The Labute approximate surface area is 274 Å². The maximum atomic E-state index is 5.54. The van der Waals surface area contributed by atoms with Crippen molar-refractivity contribution in [3.8, 4) is 0 Å². The smallest absolute Gasteiger partial charge is 0.208 e. The molecule has 0 radical (unpaired) electrons. The van der Waals surface area contributed by atoms with Crippen molar-refractivity contribution in [2.24, 2.45) is 4.99 Å². The molecule has 0 amide bonds. The number of nitrogens with one attached hydrogen (secondary N) is 1. The summed E-state index contributed by atoms with van der Waals surface area (Å²) in [5, 5.41) is 9.86. The predicted molar refractivity (Wildman–Crippen MR) is 201 cm³/mol. The summed E-state index contributed by atoms with van der Waals surface area (Å²) in [6.45, 7) is 6.32. The number of rotatable bonds is 4. The number of anilines is 1. The molecule has 1 aliphatic heterocycles. The lowest BCUT2D eigenvalue weighted by Gasteiger charge is -2.27. The van der Waals surface area contributed by atoms with Gasteiger partial charge < -0.3 is 9.88 Å². The molecule has 0 fully saturated rings. The van der Waals surface area contributed by atoms with E-state index >= 15 is 0 Å². The number of allylic oxidation sites excluding steroid dienone is 5. The third-order valence-electron chi connectivity index (χ3n) is 9.72. The van der Waals surface area contributed by atoms with Crippen LogP contribution in [0.2, 0.25) is 0 Å². The first-order valence-corrected chi connectivity index (χ1v) is 16.4. The molecule has 7 aromatic rings. The van der Waals surface area contributed by atoms with Crippen LogP contribution in [0.3, 0.4) is 0 Å². The van der Waals surface area contributed by atoms with E-state index in [0.29, 0.717) is 0 Å². The summed E-state index contributed by atoms with van der Waals surface area (Å²) in [5.41, 5.74) is 10.5. The SMILES string of the molecule is C=Cc1c(/C=C\C)n(C2=NC(c3ccc4c(c3)c3ccccc3n4C3=CC=CCC3)c3ccccc3N2)c2ccc3ccccc3c12. The Morgan fingerprint density at radius 3 is 2.45 bits per heavy atom.